The Morgan fingerprint density at radius 1 is 1.25 bits per heavy atom. The number of aryl methyl sites for hydroxylation is 1. The van der Waals surface area contributed by atoms with Crippen LogP contribution in [0.15, 0.2) is 48.1 Å². The number of aliphatic hydroxyl groups excluding tert-OH is 1. The molecule has 0 bridgehead atoms. The van der Waals surface area contributed by atoms with Crippen LogP contribution in [-0.2, 0) is 14.2 Å². The van der Waals surface area contributed by atoms with Crippen LogP contribution in [0.1, 0.15) is 87.7 Å². The normalized spacial score (nSPS) is 33.1. The summed E-state index contributed by atoms with van der Waals surface area (Å²) < 4.78 is 18.1. The molecule has 1 spiro atoms. The molecule has 0 aliphatic carbocycles. The van der Waals surface area contributed by atoms with Gasteiger partial charge < -0.3 is 19.3 Å². The van der Waals surface area contributed by atoms with E-state index in [-0.39, 0.29) is 24.3 Å². The van der Waals surface area contributed by atoms with Crippen molar-refractivity contribution in [1.82, 2.24) is 0 Å². The summed E-state index contributed by atoms with van der Waals surface area (Å²) in [5, 5.41) is 10.5. The maximum absolute atomic E-state index is 12.1. The van der Waals surface area contributed by atoms with E-state index in [9.17, 15) is 9.90 Å². The van der Waals surface area contributed by atoms with Crippen LogP contribution in [0.25, 0.3) is 5.57 Å². The van der Waals surface area contributed by atoms with Gasteiger partial charge in [0.05, 0.1) is 23.9 Å². The molecule has 6 atom stereocenters. The number of cyclic esters (lactones) is 1. The van der Waals surface area contributed by atoms with E-state index in [2.05, 4.69) is 52.0 Å². The molecule has 1 N–H and O–H groups in total. The Bertz CT molecular complexity index is 1040. The van der Waals surface area contributed by atoms with Gasteiger partial charge in [0.15, 0.2) is 5.79 Å². The zero-order valence-electron chi connectivity index (χ0n) is 22.5. The number of hydrogen-bond acceptors (Lipinski definition) is 5. The number of allylic oxidation sites excluding steroid dienone is 4. The highest BCUT2D eigenvalue weighted by molar-refractivity contribution is 5.99. The third-order valence-electron chi connectivity index (χ3n) is 7.86. The molecule has 0 amide bonds. The molecule has 2 fully saturated rings. The Hall–Kier alpha value is -2.21. The average Bonchev–Trinajstić information content (AvgIpc) is 2.82. The SMILES string of the molecule is C/C(=C\C[C@@H]1C[C@H](O)C[C@]2(CC[C@H](C)[C@@H](C)O2)O1)C[C@@H](C)/C=C/C=C1/COC(=O)c2cc(C)ccc21. The number of benzene rings is 1. The molecule has 5 heteroatoms. The van der Waals surface area contributed by atoms with Crippen LogP contribution in [0.5, 0.6) is 0 Å². The number of aliphatic hydroxyl groups is 1. The third kappa shape index (κ3) is 6.56. The number of esters is 1. The van der Waals surface area contributed by atoms with Crippen molar-refractivity contribution in [3.63, 3.8) is 0 Å². The molecule has 4 rings (SSSR count). The minimum atomic E-state index is -0.621. The second-order valence-corrected chi connectivity index (χ2v) is 11.3. The van der Waals surface area contributed by atoms with Gasteiger partial charge in [0.1, 0.15) is 6.61 Å². The van der Waals surface area contributed by atoms with Crippen molar-refractivity contribution in [2.75, 3.05) is 6.61 Å². The van der Waals surface area contributed by atoms with Gasteiger partial charge in [0, 0.05) is 19.3 Å². The van der Waals surface area contributed by atoms with Gasteiger partial charge >= 0.3 is 5.97 Å². The number of carbonyl (C=O) groups excluding carboxylic acids is 1. The molecule has 5 nitrogen and oxygen atoms in total. The van der Waals surface area contributed by atoms with E-state index in [1.807, 2.05) is 25.1 Å². The van der Waals surface area contributed by atoms with Gasteiger partial charge in [-0.2, -0.15) is 0 Å². The van der Waals surface area contributed by atoms with Crippen molar-refractivity contribution >= 4 is 11.5 Å². The van der Waals surface area contributed by atoms with E-state index in [0.29, 0.717) is 36.8 Å². The first-order valence-electron chi connectivity index (χ1n) is 13.5. The van der Waals surface area contributed by atoms with E-state index < -0.39 is 5.79 Å². The number of rotatable bonds is 6. The standard InChI is InChI=1S/C31H42O5/c1-20(7-6-8-25-19-34-30(33)29-16-22(3)10-12-28(25)29)15-21(2)9-11-27-17-26(32)18-31(36-27)14-13-23(4)24(5)35-31/h6-10,12,16,20,23-24,26-27,32H,11,13-15,17-19H2,1-5H3/b7-6+,21-9+,25-8-/t20-,23-,24+,26-,27+,31-/m0/s1. The molecule has 0 radical (unpaired) electrons. The first-order chi connectivity index (χ1) is 17.1. The van der Waals surface area contributed by atoms with Crippen LogP contribution in [0.3, 0.4) is 0 Å². The Morgan fingerprint density at radius 3 is 2.83 bits per heavy atom. The number of carbonyl (C=O) groups is 1. The second-order valence-electron chi connectivity index (χ2n) is 11.3. The van der Waals surface area contributed by atoms with Crippen molar-refractivity contribution in [1.29, 1.82) is 0 Å². The van der Waals surface area contributed by atoms with Crippen LogP contribution in [0.2, 0.25) is 0 Å². The molecule has 0 aromatic heterocycles. The summed E-state index contributed by atoms with van der Waals surface area (Å²) in [6, 6.07) is 5.93. The van der Waals surface area contributed by atoms with Gasteiger partial charge in [-0.15, -0.1) is 0 Å². The fraction of sp³-hybridized carbons (Fsp3) is 0.581. The Labute approximate surface area is 216 Å². The molecule has 0 saturated carbocycles. The molecule has 1 aromatic carbocycles. The van der Waals surface area contributed by atoms with Crippen molar-refractivity contribution in [2.24, 2.45) is 11.8 Å². The summed E-state index contributed by atoms with van der Waals surface area (Å²) in [5.41, 5.74) is 5.00. The fourth-order valence-electron chi connectivity index (χ4n) is 5.62. The highest BCUT2D eigenvalue weighted by Crippen LogP contribution is 2.41. The molecule has 1 aromatic rings. The monoisotopic (exact) mass is 494 g/mol. The highest BCUT2D eigenvalue weighted by atomic mass is 16.7. The maximum atomic E-state index is 12.1. The van der Waals surface area contributed by atoms with Gasteiger partial charge in [0.2, 0.25) is 0 Å². The lowest BCUT2D eigenvalue weighted by Crippen LogP contribution is -2.52. The molecule has 3 aliphatic rings. The van der Waals surface area contributed by atoms with Crippen LogP contribution < -0.4 is 0 Å². The summed E-state index contributed by atoms with van der Waals surface area (Å²) in [6.45, 7) is 11.0. The zero-order valence-corrected chi connectivity index (χ0v) is 22.5. The minimum absolute atomic E-state index is 0.0161. The number of hydrogen-bond donors (Lipinski definition) is 1. The first-order valence-corrected chi connectivity index (χ1v) is 13.5. The maximum Gasteiger partial charge on any atom is 0.339 e. The molecule has 196 valence electrons. The zero-order chi connectivity index (χ0) is 25.9. The van der Waals surface area contributed by atoms with Gasteiger partial charge in [-0.3, -0.25) is 0 Å². The quantitative estimate of drug-likeness (QED) is 0.359. The number of ether oxygens (including phenoxy) is 3. The second kappa shape index (κ2) is 11.5. The summed E-state index contributed by atoms with van der Waals surface area (Å²) in [4.78, 5) is 12.1. The van der Waals surface area contributed by atoms with Crippen molar-refractivity contribution in [2.45, 2.75) is 97.2 Å². The average molecular weight is 495 g/mol. The summed E-state index contributed by atoms with van der Waals surface area (Å²) in [7, 11) is 0. The van der Waals surface area contributed by atoms with Crippen LogP contribution >= 0.6 is 0 Å². The van der Waals surface area contributed by atoms with E-state index in [1.165, 1.54) is 5.57 Å². The minimum Gasteiger partial charge on any atom is -0.457 e. The Kier molecular flexibility index (Phi) is 8.54. The van der Waals surface area contributed by atoms with E-state index in [1.54, 1.807) is 0 Å². The lowest BCUT2D eigenvalue weighted by atomic mass is 9.86. The first kappa shape index (κ1) is 26.8. The molecular weight excluding hydrogens is 452 g/mol. The van der Waals surface area contributed by atoms with E-state index >= 15 is 0 Å². The molecule has 3 aliphatic heterocycles. The molecule has 36 heavy (non-hydrogen) atoms. The topological polar surface area (TPSA) is 65.0 Å². The van der Waals surface area contributed by atoms with E-state index in [4.69, 9.17) is 14.2 Å². The number of fused-ring (bicyclic) bond motifs is 1. The fourth-order valence-corrected chi connectivity index (χ4v) is 5.62. The van der Waals surface area contributed by atoms with E-state index in [0.717, 1.165) is 42.4 Å². The summed E-state index contributed by atoms with van der Waals surface area (Å²) in [5.74, 6) is 0.0270. The van der Waals surface area contributed by atoms with Crippen LogP contribution in [0.4, 0.5) is 0 Å². The lowest BCUT2D eigenvalue weighted by molar-refractivity contribution is -0.331. The largest absolute Gasteiger partial charge is 0.457 e. The molecule has 0 unspecified atom stereocenters. The van der Waals surface area contributed by atoms with Crippen LogP contribution in [-0.4, -0.2) is 41.8 Å². The molecule has 3 heterocycles. The Morgan fingerprint density at radius 2 is 2.06 bits per heavy atom. The van der Waals surface area contributed by atoms with Gasteiger partial charge in [-0.05, 0) is 69.1 Å². The van der Waals surface area contributed by atoms with Crippen molar-refractivity contribution in [3.8, 4) is 0 Å². The van der Waals surface area contributed by atoms with Crippen molar-refractivity contribution < 1.29 is 24.1 Å². The van der Waals surface area contributed by atoms with Crippen LogP contribution in [0, 0.1) is 18.8 Å². The van der Waals surface area contributed by atoms with Gasteiger partial charge in [-0.1, -0.05) is 61.4 Å². The summed E-state index contributed by atoms with van der Waals surface area (Å²) >= 11 is 0. The Balaban J connectivity index is 1.31. The predicted molar refractivity (Wildman–Crippen MR) is 143 cm³/mol. The van der Waals surface area contributed by atoms with Gasteiger partial charge in [0.25, 0.3) is 0 Å². The third-order valence-corrected chi connectivity index (χ3v) is 7.86. The predicted octanol–water partition coefficient (Wildman–Crippen LogP) is 6.54. The smallest absolute Gasteiger partial charge is 0.339 e. The molecular formula is C31H42O5. The lowest BCUT2D eigenvalue weighted by Gasteiger charge is -2.48. The van der Waals surface area contributed by atoms with Crippen molar-refractivity contribution in [3.05, 3.63) is 64.8 Å². The van der Waals surface area contributed by atoms with Gasteiger partial charge in [-0.25, -0.2) is 4.79 Å². The molecule has 2 saturated heterocycles. The highest BCUT2D eigenvalue weighted by Gasteiger charge is 2.46. The summed E-state index contributed by atoms with van der Waals surface area (Å²) in [6.07, 6.45) is 13.3.